The van der Waals surface area contributed by atoms with Crippen LogP contribution in [0.2, 0.25) is 5.02 Å². The van der Waals surface area contributed by atoms with Gasteiger partial charge in [0.05, 0.1) is 21.1 Å². The molecule has 3 aromatic carbocycles. The molecule has 0 unspecified atom stereocenters. The summed E-state index contributed by atoms with van der Waals surface area (Å²) in [6, 6.07) is 16.6. The minimum Gasteiger partial charge on any atom is -0.452 e. The molecule has 1 aliphatic heterocycles. The first-order chi connectivity index (χ1) is 14.4. The van der Waals surface area contributed by atoms with Crippen molar-refractivity contribution in [1.29, 1.82) is 0 Å². The predicted octanol–water partition coefficient (Wildman–Crippen LogP) is 5.08. The number of nitro groups is 1. The Labute approximate surface area is 175 Å². The maximum absolute atomic E-state index is 12.5. The topological polar surface area (TPSA) is 95.7 Å². The second-order valence-corrected chi connectivity index (χ2v) is 6.72. The van der Waals surface area contributed by atoms with Crippen molar-refractivity contribution in [3.8, 4) is 11.5 Å². The van der Waals surface area contributed by atoms with Crippen molar-refractivity contribution in [3.63, 3.8) is 0 Å². The number of esters is 1. The summed E-state index contributed by atoms with van der Waals surface area (Å²) in [4.78, 5) is 35.1. The molecule has 8 heteroatoms. The van der Waals surface area contributed by atoms with Crippen LogP contribution in [0.15, 0.2) is 72.5 Å². The van der Waals surface area contributed by atoms with Crippen LogP contribution in [0, 0.1) is 10.1 Å². The molecule has 148 valence electrons. The van der Waals surface area contributed by atoms with Crippen LogP contribution < -0.4 is 9.47 Å². The molecule has 0 aliphatic carbocycles. The van der Waals surface area contributed by atoms with Crippen LogP contribution >= 0.6 is 11.6 Å². The number of fused-ring (bicyclic) bond motifs is 1. The van der Waals surface area contributed by atoms with Crippen LogP contribution in [0.4, 0.5) is 5.69 Å². The molecule has 0 amide bonds. The number of non-ortho nitro benzene ring substituents is 1. The minimum atomic E-state index is -0.633. The summed E-state index contributed by atoms with van der Waals surface area (Å²) in [5, 5.41) is 11.0. The van der Waals surface area contributed by atoms with Gasteiger partial charge in [-0.1, -0.05) is 23.7 Å². The number of Topliss-reactive ketones (excluding diaryl/α,β-unsaturated/α-hetero) is 1. The Bertz CT molecular complexity index is 1220. The van der Waals surface area contributed by atoms with Crippen LogP contribution in [-0.2, 0) is 0 Å². The Morgan fingerprint density at radius 3 is 2.50 bits per heavy atom. The summed E-state index contributed by atoms with van der Waals surface area (Å²) in [7, 11) is 0. The Morgan fingerprint density at radius 1 is 1.07 bits per heavy atom. The predicted molar refractivity (Wildman–Crippen MR) is 109 cm³/mol. The van der Waals surface area contributed by atoms with Crippen molar-refractivity contribution in [2.75, 3.05) is 0 Å². The summed E-state index contributed by atoms with van der Waals surface area (Å²) < 4.78 is 10.9. The first kappa shape index (κ1) is 19.4. The summed E-state index contributed by atoms with van der Waals surface area (Å²) >= 11 is 6.01. The number of nitrogens with zero attached hydrogens (tertiary/aromatic N) is 1. The molecule has 1 heterocycles. The molecular formula is C22H12ClNO6. The Kier molecular flexibility index (Phi) is 5.04. The quantitative estimate of drug-likeness (QED) is 0.191. The lowest BCUT2D eigenvalue weighted by Gasteiger charge is -2.06. The first-order valence-electron chi connectivity index (χ1n) is 8.72. The molecule has 3 aromatic rings. The molecule has 0 fully saturated rings. The van der Waals surface area contributed by atoms with E-state index in [0.717, 1.165) is 0 Å². The van der Waals surface area contributed by atoms with Gasteiger partial charge in [-0.15, -0.1) is 0 Å². The number of hydrogen-bond acceptors (Lipinski definition) is 6. The molecule has 0 atom stereocenters. The minimum absolute atomic E-state index is 0.0518. The van der Waals surface area contributed by atoms with Gasteiger partial charge in [0.25, 0.3) is 5.69 Å². The summed E-state index contributed by atoms with van der Waals surface area (Å²) in [5.74, 6) is -0.465. The highest BCUT2D eigenvalue weighted by atomic mass is 35.5. The van der Waals surface area contributed by atoms with E-state index in [1.165, 1.54) is 48.5 Å². The Hall–Kier alpha value is -3.97. The van der Waals surface area contributed by atoms with Crippen LogP contribution in [0.5, 0.6) is 11.5 Å². The largest absolute Gasteiger partial charge is 0.452 e. The zero-order chi connectivity index (χ0) is 21.3. The van der Waals surface area contributed by atoms with Crippen LogP contribution in [0.25, 0.3) is 6.08 Å². The molecule has 30 heavy (non-hydrogen) atoms. The van der Waals surface area contributed by atoms with Gasteiger partial charge in [0.2, 0.25) is 5.78 Å². The van der Waals surface area contributed by atoms with Gasteiger partial charge in [-0.25, -0.2) is 4.79 Å². The highest BCUT2D eigenvalue weighted by Gasteiger charge is 2.28. The van der Waals surface area contributed by atoms with E-state index in [2.05, 4.69) is 0 Å². The molecule has 7 nitrogen and oxygen atoms in total. The average Bonchev–Trinajstić information content (AvgIpc) is 3.03. The second kappa shape index (κ2) is 7.81. The van der Waals surface area contributed by atoms with Gasteiger partial charge in [0.1, 0.15) is 11.5 Å². The molecule has 0 N–H and O–H groups in total. The number of ketones is 1. The maximum Gasteiger partial charge on any atom is 0.345 e. The van der Waals surface area contributed by atoms with Gasteiger partial charge in [0.15, 0.2) is 5.76 Å². The number of carbonyl (C=O) groups is 2. The van der Waals surface area contributed by atoms with Crippen molar-refractivity contribution in [2.45, 2.75) is 0 Å². The Morgan fingerprint density at radius 2 is 1.80 bits per heavy atom. The monoisotopic (exact) mass is 421 g/mol. The second-order valence-electron chi connectivity index (χ2n) is 6.32. The average molecular weight is 422 g/mol. The summed E-state index contributed by atoms with van der Waals surface area (Å²) in [6.07, 6.45) is 1.49. The molecule has 0 saturated carbocycles. The molecule has 0 bridgehead atoms. The lowest BCUT2D eigenvalue weighted by Crippen LogP contribution is -2.09. The number of allylic oxidation sites excluding steroid dienone is 1. The number of carbonyl (C=O) groups excluding carboxylic acids is 2. The molecule has 0 spiro atoms. The lowest BCUT2D eigenvalue weighted by atomic mass is 10.1. The van der Waals surface area contributed by atoms with Gasteiger partial charge < -0.3 is 9.47 Å². The van der Waals surface area contributed by atoms with Gasteiger partial charge in [-0.3, -0.25) is 14.9 Å². The van der Waals surface area contributed by atoms with E-state index in [1.807, 2.05) is 0 Å². The molecule has 1 aliphatic rings. The number of halogens is 1. The van der Waals surface area contributed by atoms with Crippen molar-refractivity contribution < 1.29 is 24.0 Å². The first-order valence-corrected chi connectivity index (χ1v) is 9.09. The molecule has 0 saturated heterocycles. The SMILES string of the molecule is O=C(Oc1ccc2c(c1)O/C(=C\c1ccc([N+](=O)[O-])cc1)C2=O)c1ccccc1Cl. The standard InChI is InChI=1S/C22H12ClNO6/c23-18-4-2-1-3-16(18)22(26)29-15-9-10-17-19(12-15)30-20(21(17)25)11-13-5-7-14(8-6-13)24(27)28/h1-12H/b20-11-. The van der Waals surface area contributed by atoms with Gasteiger partial charge in [-0.05, 0) is 48.0 Å². The number of nitro benzene ring substituents is 1. The fourth-order valence-electron chi connectivity index (χ4n) is 2.86. The van der Waals surface area contributed by atoms with Crippen molar-refractivity contribution >= 4 is 35.1 Å². The highest BCUT2D eigenvalue weighted by Crippen LogP contribution is 2.35. The number of hydrogen-bond donors (Lipinski definition) is 0. The van der Waals surface area contributed by atoms with Gasteiger partial charge >= 0.3 is 5.97 Å². The van der Waals surface area contributed by atoms with E-state index >= 15 is 0 Å². The Balaban J connectivity index is 1.54. The zero-order valence-electron chi connectivity index (χ0n) is 15.2. The van der Waals surface area contributed by atoms with Crippen LogP contribution in [0.1, 0.15) is 26.3 Å². The van der Waals surface area contributed by atoms with E-state index in [4.69, 9.17) is 21.1 Å². The van der Waals surface area contributed by atoms with Crippen LogP contribution in [0.3, 0.4) is 0 Å². The van der Waals surface area contributed by atoms with Crippen molar-refractivity contribution in [2.24, 2.45) is 0 Å². The third-order valence-electron chi connectivity index (χ3n) is 4.35. The lowest BCUT2D eigenvalue weighted by molar-refractivity contribution is -0.384. The number of benzene rings is 3. The number of ether oxygens (including phenoxy) is 2. The fourth-order valence-corrected chi connectivity index (χ4v) is 3.08. The molecule has 0 aromatic heterocycles. The van der Waals surface area contributed by atoms with Crippen molar-refractivity contribution in [1.82, 2.24) is 0 Å². The van der Waals surface area contributed by atoms with E-state index in [1.54, 1.807) is 24.3 Å². The smallest absolute Gasteiger partial charge is 0.345 e. The van der Waals surface area contributed by atoms with E-state index in [0.29, 0.717) is 11.1 Å². The van der Waals surface area contributed by atoms with E-state index < -0.39 is 10.9 Å². The third kappa shape index (κ3) is 3.78. The van der Waals surface area contributed by atoms with E-state index in [9.17, 15) is 19.7 Å². The van der Waals surface area contributed by atoms with Gasteiger partial charge in [-0.2, -0.15) is 0 Å². The van der Waals surface area contributed by atoms with Crippen LogP contribution in [-0.4, -0.2) is 16.7 Å². The highest BCUT2D eigenvalue weighted by molar-refractivity contribution is 6.33. The normalized spacial score (nSPS) is 13.6. The van der Waals surface area contributed by atoms with Crippen molar-refractivity contribution in [3.05, 3.63) is 104 Å². The zero-order valence-corrected chi connectivity index (χ0v) is 16.0. The maximum atomic E-state index is 12.5. The molecule has 4 rings (SSSR count). The summed E-state index contributed by atoms with van der Waals surface area (Å²) in [5.41, 5.74) is 1.06. The van der Waals surface area contributed by atoms with Gasteiger partial charge in [0, 0.05) is 18.2 Å². The molecule has 0 radical (unpaired) electrons. The molecular weight excluding hydrogens is 410 g/mol. The summed E-state index contributed by atoms with van der Waals surface area (Å²) in [6.45, 7) is 0. The van der Waals surface area contributed by atoms with E-state index in [-0.39, 0.29) is 39.3 Å². The number of rotatable bonds is 4. The fraction of sp³-hybridized carbons (Fsp3) is 0. The third-order valence-corrected chi connectivity index (χ3v) is 4.68.